The average molecular weight is 359 g/mol. The second-order valence-corrected chi connectivity index (χ2v) is 7.60. The number of benzene rings is 1. The van der Waals surface area contributed by atoms with E-state index >= 15 is 0 Å². The molecule has 26 heavy (non-hydrogen) atoms. The Hall–Kier alpha value is -2.08. The summed E-state index contributed by atoms with van der Waals surface area (Å²) in [7, 11) is 0. The zero-order chi connectivity index (χ0) is 18.5. The lowest BCUT2D eigenvalue weighted by molar-refractivity contribution is -0.125. The third-order valence-electron chi connectivity index (χ3n) is 5.50. The van der Waals surface area contributed by atoms with Crippen molar-refractivity contribution in [3.05, 3.63) is 29.8 Å². The van der Waals surface area contributed by atoms with Gasteiger partial charge in [-0.2, -0.15) is 0 Å². The van der Waals surface area contributed by atoms with Crippen LogP contribution in [0.3, 0.4) is 0 Å². The second kappa shape index (κ2) is 8.54. The molecule has 3 N–H and O–H groups in total. The quantitative estimate of drug-likeness (QED) is 0.728. The summed E-state index contributed by atoms with van der Waals surface area (Å²) in [6.45, 7) is 3.65. The normalized spacial score (nSPS) is 19.7. The summed E-state index contributed by atoms with van der Waals surface area (Å²) < 4.78 is 0. The largest absolute Gasteiger partial charge is 0.508 e. The molecule has 2 fully saturated rings. The van der Waals surface area contributed by atoms with Gasteiger partial charge in [0.05, 0.1) is 6.04 Å². The van der Waals surface area contributed by atoms with E-state index < -0.39 is 0 Å². The maximum absolute atomic E-state index is 12.2. The predicted molar refractivity (Wildman–Crippen MR) is 99.9 cm³/mol. The van der Waals surface area contributed by atoms with Crippen LogP contribution in [0.1, 0.15) is 44.6 Å². The summed E-state index contributed by atoms with van der Waals surface area (Å²) in [5.74, 6) is 0.749. The molecule has 3 amide bonds. The van der Waals surface area contributed by atoms with E-state index in [1.807, 2.05) is 19.1 Å². The maximum atomic E-state index is 12.2. The number of nitrogens with one attached hydrogen (secondary N) is 2. The van der Waals surface area contributed by atoms with E-state index in [2.05, 4.69) is 15.5 Å². The van der Waals surface area contributed by atoms with Gasteiger partial charge in [-0.1, -0.05) is 12.1 Å². The van der Waals surface area contributed by atoms with Crippen LogP contribution in [0, 0.1) is 5.92 Å². The molecule has 6 nitrogen and oxygen atoms in total. The zero-order valence-electron chi connectivity index (χ0n) is 15.4. The topological polar surface area (TPSA) is 81.7 Å². The van der Waals surface area contributed by atoms with Gasteiger partial charge in [-0.3, -0.25) is 15.0 Å². The van der Waals surface area contributed by atoms with Crippen LogP contribution in [0.15, 0.2) is 24.3 Å². The molecule has 0 unspecified atom stereocenters. The summed E-state index contributed by atoms with van der Waals surface area (Å²) in [4.78, 5) is 26.1. The molecule has 2 aliphatic rings. The number of carbonyl (C=O) groups is 2. The number of piperidine rings is 1. The number of phenols is 1. The smallest absolute Gasteiger partial charge is 0.321 e. The standard InChI is InChI=1S/C20H29N3O3/c1-14(19(25)22-20(26)21-17-6-7-17)23-12-10-16(11-13-23)3-2-15-4-8-18(24)9-5-15/h4-5,8-9,14,16-17,24H,2-3,6-7,10-13H2,1H3,(H2,21,22,25,26)/t14-/m0/s1. The van der Waals surface area contributed by atoms with Crippen molar-refractivity contribution in [1.29, 1.82) is 0 Å². The van der Waals surface area contributed by atoms with Gasteiger partial charge in [0.15, 0.2) is 0 Å². The molecule has 1 heterocycles. The van der Waals surface area contributed by atoms with Crippen molar-refractivity contribution in [3.63, 3.8) is 0 Å². The first kappa shape index (κ1) is 18.7. The fraction of sp³-hybridized carbons (Fsp3) is 0.600. The number of urea groups is 1. The number of carbonyl (C=O) groups excluding carboxylic acids is 2. The van der Waals surface area contributed by atoms with Gasteiger partial charge in [0, 0.05) is 6.04 Å². The van der Waals surface area contributed by atoms with Crippen LogP contribution in [0.25, 0.3) is 0 Å². The van der Waals surface area contributed by atoms with Gasteiger partial charge >= 0.3 is 6.03 Å². The van der Waals surface area contributed by atoms with Crippen molar-refractivity contribution < 1.29 is 14.7 Å². The Morgan fingerprint density at radius 2 is 1.81 bits per heavy atom. The van der Waals surface area contributed by atoms with Crippen LogP contribution in [0.4, 0.5) is 4.79 Å². The Balaban J connectivity index is 1.37. The molecule has 0 bridgehead atoms. The van der Waals surface area contributed by atoms with Gasteiger partial charge in [0.2, 0.25) is 5.91 Å². The Labute approximate surface area is 155 Å². The number of imide groups is 1. The molecule has 3 rings (SSSR count). The SMILES string of the molecule is C[C@@H](C(=O)NC(=O)NC1CC1)N1CCC(CCc2ccc(O)cc2)CC1. The van der Waals surface area contributed by atoms with E-state index in [1.165, 1.54) is 5.56 Å². The molecule has 1 aromatic rings. The minimum absolute atomic E-state index is 0.217. The van der Waals surface area contributed by atoms with Crippen LogP contribution in [0.5, 0.6) is 5.75 Å². The molecule has 1 saturated carbocycles. The highest BCUT2D eigenvalue weighted by molar-refractivity contribution is 5.97. The summed E-state index contributed by atoms with van der Waals surface area (Å²) in [5.41, 5.74) is 1.25. The minimum Gasteiger partial charge on any atom is -0.508 e. The van der Waals surface area contributed by atoms with Crippen LogP contribution >= 0.6 is 0 Å². The van der Waals surface area contributed by atoms with Crippen LogP contribution in [-0.4, -0.2) is 47.1 Å². The number of nitrogens with zero attached hydrogens (tertiary/aromatic N) is 1. The van der Waals surface area contributed by atoms with Crippen molar-refractivity contribution in [2.24, 2.45) is 5.92 Å². The highest BCUT2D eigenvalue weighted by atomic mass is 16.3. The summed E-state index contributed by atoms with van der Waals surface area (Å²) in [5, 5.41) is 14.6. The summed E-state index contributed by atoms with van der Waals surface area (Å²) >= 11 is 0. The number of hydrogen-bond acceptors (Lipinski definition) is 4. The lowest BCUT2D eigenvalue weighted by atomic mass is 9.90. The predicted octanol–water partition coefficient (Wildman–Crippen LogP) is 2.41. The molecular formula is C20H29N3O3. The van der Waals surface area contributed by atoms with Gasteiger partial charge in [-0.05, 0) is 82.2 Å². The van der Waals surface area contributed by atoms with E-state index in [0.29, 0.717) is 11.7 Å². The third-order valence-corrected chi connectivity index (χ3v) is 5.50. The molecule has 6 heteroatoms. The van der Waals surface area contributed by atoms with Crippen molar-refractivity contribution >= 4 is 11.9 Å². The van der Waals surface area contributed by atoms with Gasteiger partial charge in [0.25, 0.3) is 0 Å². The maximum Gasteiger partial charge on any atom is 0.321 e. The van der Waals surface area contributed by atoms with Gasteiger partial charge < -0.3 is 10.4 Å². The van der Waals surface area contributed by atoms with E-state index in [0.717, 1.165) is 51.6 Å². The van der Waals surface area contributed by atoms with Crippen LogP contribution < -0.4 is 10.6 Å². The van der Waals surface area contributed by atoms with Gasteiger partial charge in [-0.25, -0.2) is 4.79 Å². The number of phenolic OH excluding ortho intramolecular Hbond substituents is 1. The molecule has 0 spiro atoms. The van der Waals surface area contributed by atoms with E-state index in [-0.39, 0.29) is 24.0 Å². The Morgan fingerprint density at radius 3 is 2.42 bits per heavy atom. The molecule has 1 saturated heterocycles. The van der Waals surface area contributed by atoms with Crippen molar-refractivity contribution in [2.75, 3.05) is 13.1 Å². The monoisotopic (exact) mass is 359 g/mol. The molecular weight excluding hydrogens is 330 g/mol. The van der Waals surface area contributed by atoms with Gasteiger partial charge in [0.1, 0.15) is 5.75 Å². The lowest BCUT2D eigenvalue weighted by Crippen LogP contribution is -2.51. The summed E-state index contributed by atoms with van der Waals surface area (Å²) in [6.07, 6.45) is 6.31. The van der Waals surface area contributed by atoms with Crippen LogP contribution in [-0.2, 0) is 11.2 Å². The van der Waals surface area contributed by atoms with E-state index in [1.54, 1.807) is 12.1 Å². The zero-order valence-corrected chi connectivity index (χ0v) is 15.4. The number of aryl methyl sites for hydroxylation is 1. The highest BCUT2D eigenvalue weighted by Gasteiger charge is 2.29. The first-order valence-electron chi connectivity index (χ1n) is 9.64. The highest BCUT2D eigenvalue weighted by Crippen LogP contribution is 2.24. The number of likely N-dealkylation sites (tertiary alicyclic amines) is 1. The molecule has 142 valence electrons. The van der Waals surface area contributed by atoms with E-state index in [9.17, 15) is 14.7 Å². The average Bonchev–Trinajstić information content (AvgIpc) is 3.45. The number of amides is 3. The Morgan fingerprint density at radius 1 is 1.15 bits per heavy atom. The van der Waals surface area contributed by atoms with Gasteiger partial charge in [-0.15, -0.1) is 0 Å². The van der Waals surface area contributed by atoms with Crippen molar-refractivity contribution in [2.45, 2.75) is 57.5 Å². The second-order valence-electron chi connectivity index (χ2n) is 7.60. The Bertz CT molecular complexity index is 620. The number of hydrogen-bond donors (Lipinski definition) is 3. The van der Waals surface area contributed by atoms with E-state index in [4.69, 9.17) is 0 Å². The lowest BCUT2D eigenvalue weighted by Gasteiger charge is -2.35. The molecule has 1 aliphatic heterocycles. The van der Waals surface area contributed by atoms with Crippen LogP contribution in [0.2, 0.25) is 0 Å². The molecule has 0 radical (unpaired) electrons. The fourth-order valence-electron chi connectivity index (χ4n) is 3.49. The number of rotatable bonds is 6. The number of aromatic hydroxyl groups is 1. The molecule has 1 atom stereocenters. The fourth-order valence-corrected chi connectivity index (χ4v) is 3.49. The summed E-state index contributed by atoms with van der Waals surface area (Å²) in [6, 6.07) is 7.02. The molecule has 1 aromatic carbocycles. The Kier molecular flexibility index (Phi) is 6.14. The molecule has 1 aliphatic carbocycles. The third kappa shape index (κ3) is 5.46. The first-order chi connectivity index (χ1) is 12.5. The minimum atomic E-state index is -0.367. The van der Waals surface area contributed by atoms with Crippen molar-refractivity contribution in [1.82, 2.24) is 15.5 Å². The first-order valence-corrected chi connectivity index (χ1v) is 9.64. The van der Waals surface area contributed by atoms with Crippen molar-refractivity contribution in [3.8, 4) is 5.75 Å². The molecule has 0 aromatic heterocycles.